The molecule has 1 fully saturated rings. The molecular weight excluding hydrogens is 319 g/mol. The van der Waals surface area contributed by atoms with Crippen molar-refractivity contribution < 1.29 is 21.6 Å². The average molecular weight is 328 g/mol. The van der Waals surface area contributed by atoms with Crippen molar-refractivity contribution in [2.75, 3.05) is 11.5 Å². The molecular formula is C10H9ClF3N3O2S. The van der Waals surface area contributed by atoms with Gasteiger partial charge in [-0.3, -0.25) is 0 Å². The number of nitrogens with zero attached hydrogens (tertiary/aromatic N) is 3. The highest BCUT2D eigenvalue weighted by atomic mass is 35.5. The first-order valence-electron chi connectivity index (χ1n) is 5.47. The molecule has 2 rings (SSSR count). The van der Waals surface area contributed by atoms with Crippen molar-refractivity contribution in [3.05, 3.63) is 16.4 Å². The maximum absolute atomic E-state index is 12.8. The van der Waals surface area contributed by atoms with Crippen LogP contribution in [-0.4, -0.2) is 29.7 Å². The minimum Gasteiger partial charge on any atom is -0.245 e. The molecule has 1 aromatic heterocycles. The van der Waals surface area contributed by atoms with Gasteiger partial charge in [0.25, 0.3) is 0 Å². The molecule has 5 nitrogen and oxygen atoms in total. The summed E-state index contributed by atoms with van der Waals surface area (Å²) in [6.45, 7) is 1.46. The zero-order valence-electron chi connectivity index (χ0n) is 10.2. The summed E-state index contributed by atoms with van der Waals surface area (Å²) in [5, 5.41) is 11.7. The van der Waals surface area contributed by atoms with Crippen molar-refractivity contribution in [2.45, 2.75) is 25.1 Å². The van der Waals surface area contributed by atoms with E-state index in [0.29, 0.717) is 0 Å². The van der Waals surface area contributed by atoms with E-state index in [9.17, 15) is 21.6 Å². The Morgan fingerprint density at radius 3 is 2.45 bits per heavy atom. The lowest BCUT2D eigenvalue weighted by atomic mass is 10.0. The van der Waals surface area contributed by atoms with Crippen LogP contribution in [0.4, 0.5) is 13.2 Å². The highest BCUT2D eigenvalue weighted by Gasteiger charge is 2.46. The van der Waals surface area contributed by atoms with Gasteiger partial charge in [0.15, 0.2) is 15.5 Å². The molecule has 1 aromatic rings. The van der Waals surface area contributed by atoms with E-state index in [0.717, 1.165) is 4.68 Å². The van der Waals surface area contributed by atoms with E-state index < -0.39 is 38.0 Å². The van der Waals surface area contributed by atoms with Gasteiger partial charge in [-0.1, -0.05) is 11.6 Å². The van der Waals surface area contributed by atoms with Gasteiger partial charge in [-0.15, -0.1) is 0 Å². The van der Waals surface area contributed by atoms with E-state index in [1.54, 1.807) is 0 Å². The molecule has 1 saturated heterocycles. The molecule has 0 spiro atoms. The largest absolute Gasteiger partial charge is 0.436 e. The van der Waals surface area contributed by atoms with Crippen LogP contribution in [0.3, 0.4) is 0 Å². The van der Waals surface area contributed by atoms with Gasteiger partial charge in [0.1, 0.15) is 16.8 Å². The summed E-state index contributed by atoms with van der Waals surface area (Å²) in [7, 11) is -3.35. The molecule has 0 saturated carbocycles. The maximum atomic E-state index is 12.8. The van der Waals surface area contributed by atoms with Crippen LogP contribution in [0.25, 0.3) is 0 Å². The van der Waals surface area contributed by atoms with E-state index in [4.69, 9.17) is 16.9 Å². The SMILES string of the molecule is CC1(n2nc(C(F)(F)F)c(C#N)c2Cl)CCS(=O)(=O)C1. The van der Waals surface area contributed by atoms with Crippen molar-refractivity contribution in [1.82, 2.24) is 9.78 Å². The highest BCUT2D eigenvalue weighted by molar-refractivity contribution is 7.91. The molecule has 0 aliphatic carbocycles. The Kier molecular flexibility index (Phi) is 3.30. The summed E-state index contributed by atoms with van der Waals surface area (Å²) >= 11 is 5.78. The monoisotopic (exact) mass is 327 g/mol. The number of halogens is 4. The Labute approximate surface area is 117 Å². The summed E-state index contributed by atoms with van der Waals surface area (Å²) in [6.07, 6.45) is -4.73. The van der Waals surface area contributed by atoms with Crippen LogP contribution >= 0.6 is 11.6 Å². The van der Waals surface area contributed by atoms with Crippen LogP contribution < -0.4 is 0 Å². The normalized spacial score (nSPS) is 25.6. The third-order valence-electron chi connectivity index (χ3n) is 3.20. The number of hydrogen-bond acceptors (Lipinski definition) is 4. The first kappa shape index (κ1) is 15.1. The number of alkyl halides is 3. The van der Waals surface area contributed by atoms with Crippen molar-refractivity contribution in [3.63, 3.8) is 0 Å². The van der Waals surface area contributed by atoms with Gasteiger partial charge in [-0.05, 0) is 13.3 Å². The van der Waals surface area contributed by atoms with Gasteiger partial charge < -0.3 is 0 Å². The zero-order valence-corrected chi connectivity index (χ0v) is 11.8. The van der Waals surface area contributed by atoms with Crippen LogP contribution in [0.15, 0.2) is 0 Å². The number of sulfone groups is 1. The smallest absolute Gasteiger partial charge is 0.245 e. The zero-order chi connectivity index (χ0) is 15.3. The van der Waals surface area contributed by atoms with E-state index >= 15 is 0 Å². The van der Waals surface area contributed by atoms with E-state index in [2.05, 4.69) is 5.10 Å². The topological polar surface area (TPSA) is 75.8 Å². The van der Waals surface area contributed by atoms with E-state index in [-0.39, 0.29) is 17.9 Å². The fourth-order valence-corrected chi connectivity index (χ4v) is 4.70. The van der Waals surface area contributed by atoms with Gasteiger partial charge in [0.05, 0.1) is 17.0 Å². The van der Waals surface area contributed by atoms with Crippen molar-refractivity contribution in [3.8, 4) is 6.07 Å². The summed E-state index contributed by atoms with van der Waals surface area (Å²) in [6, 6.07) is 1.37. The van der Waals surface area contributed by atoms with Crippen molar-refractivity contribution >= 4 is 21.4 Å². The summed E-state index contributed by atoms with van der Waals surface area (Å²) < 4.78 is 62.2. The van der Waals surface area contributed by atoms with E-state index in [1.165, 1.54) is 13.0 Å². The van der Waals surface area contributed by atoms with Gasteiger partial charge in [-0.25, -0.2) is 13.1 Å². The fourth-order valence-electron chi connectivity index (χ4n) is 2.21. The van der Waals surface area contributed by atoms with Gasteiger partial charge in [-0.2, -0.15) is 23.5 Å². The molecule has 0 bridgehead atoms. The third kappa shape index (κ3) is 2.38. The second-order valence-corrected chi connectivity index (χ2v) is 7.42. The standard InChI is InChI=1S/C10H9ClF3N3O2S/c1-9(2-3-20(18,19)5-9)17-8(11)6(4-15)7(16-17)10(12,13)14/h2-3,5H2,1H3. The van der Waals surface area contributed by atoms with Crippen LogP contribution in [0.2, 0.25) is 5.15 Å². The predicted molar refractivity (Wildman–Crippen MR) is 63.9 cm³/mol. The Hall–Kier alpha value is -1.27. The third-order valence-corrected chi connectivity index (χ3v) is 5.44. The summed E-state index contributed by atoms with van der Waals surface area (Å²) in [5.41, 5.74) is -3.36. The van der Waals surface area contributed by atoms with Crippen LogP contribution in [0, 0.1) is 11.3 Å². The maximum Gasteiger partial charge on any atom is 0.436 e. The number of hydrogen-bond donors (Lipinski definition) is 0. The van der Waals surface area contributed by atoms with Crippen LogP contribution in [0.1, 0.15) is 24.6 Å². The van der Waals surface area contributed by atoms with Gasteiger partial charge in [0, 0.05) is 0 Å². The Morgan fingerprint density at radius 2 is 2.10 bits per heavy atom. The average Bonchev–Trinajstić information content (AvgIpc) is 2.76. The second kappa shape index (κ2) is 4.36. The Bertz CT molecular complexity index is 705. The van der Waals surface area contributed by atoms with Crippen LogP contribution in [0.5, 0.6) is 0 Å². The fraction of sp³-hybridized carbons (Fsp3) is 0.600. The molecule has 0 radical (unpaired) electrons. The summed E-state index contributed by atoms with van der Waals surface area (Å²) in [5.74, 6) is -0.507. The number of aromatic nitrogens is 2. The number of nitriles is 1. The lowest BCUT2D eigenvalue weighted by Crippen LogP contribution is -2.33. The quantitative estimate of drug-likeness (QED) is 0.790. The molecule has 2 heterocycles. The molecule has 1 atom stereocenters. The lowest BCUT2D eigenvalue weighted by molar-refractivity contribution is -0.141. The first-order chi connectivity index (χ1) is 9.00. The highest BCUT2D eigenvalue weighted by Crippen LogP contribution is 2.39. The molecule has 20 heavy (non-hydrogen) atoms. The molecule has 1 unspecified atom stereocenters. The summed E-state index contributed by atoms with van der Waals surface area (Å²) in [4.78, 5) is 0. The van der Waals surface area contributed by atoms with Crippen molar-refractivity contribution in [1.29, 1.82) is 5.26 Å². The minimum absolute atomic E-state index is 0.0961. The van der Waals surface area contributed by atoms with E-state index in [1.807, 2.05) is 0 Å². The molecule has 110 valence electrons. The predicted octanol–water partition coefficient (Wildman–Crippen LogP) is 1.96. The van der Waals surface area contributed by atoms with Crippen molar-refractivity contribution in [2.24, 2.45) is 0 Å². The molecule has 0 aromatic carbocycles. The molecule has 1 aliphatic heterocycles. The minimum atomic E-state index is -4.83. The Morgan fingerprint density at radius 1 is 1.50 bits per heavy atom. The van der Waals surface area contributed by atoms with Gasteiger partial charge >= 0.3 is 6.18 Å². The van der Waals surface area contributed by atoms with Crippen LogP contribution in [-0.2, 0) is 21.6 Å². The molecule has 10 heteroatoms. The molecule has 1 aliphatic rings. The first-order valence-corrected chi connectivity index (χ1v) is 7.67. The molecule has 0 N–H and O–H groups in total. The Balaban J connectivity index is 2.61. The van der Waals surface area contributed by atoms with Gasteiger partial charge in [0.2, 0.25) is 0 Å². The second-order valence-electron chi connectivity index (χ2n) is 4.87. The molecule has 0 amide bonds. The number of rotatable bonds is 1. The lowest BCUT2D eigenvalue weighted by Gasteiger charge is -2.23.